The molecule has 0 radical (unpaired) electrons. The number of amides is 2. The number of nitrogens with zero attached hydrogens (tertiary/aromatic N) is 1. The van der Waals surface area contributed by atoms with Crippen molar-refractivity contribution in [1.82, 2.24) is 5.32 Å². The minimum Gasteiger partial charge on any atom is -0.375 e. The Hall–Kier alpha value is -2.82. The Morgan fingerprint density at radius 3 is 2.26 bits per heavy atom. The summed E-state index contributed by atoms with van der Waals surface area (Å²) in [6, 6.07) is 15.4. The molecule has 2 N–H and O–H groups in total. The third kappa shape index (κ3) is 6.77. The molecule has 2 rings (SSSR count). The highest BCUT2D eigenvalue weighted by Crippen LogP contribution is 2.14. The van der Waals surface area contributed by atoms with E-state index in [-0.39, 0.29) is 11.8 Å². The van der Waals surface area contributed by atoms with Gasteiger partial charge in [0.1, 0.15) is 0 Å². The highest BCUT2D eigenvalue weighted by Gasteiger charge is 2.06. The number of unbranched alkanes of at least 4 members (excludes halogenated alkanes) is 1. The van der Waals surface area contributed by atoms with Crippen molar-refractivity contribution in [3.8, 4) is 0 Å². The van der Waals surface area contributed by atoms with Gasteiger partial charge in [0.05, 0.1) is 0 Å². The van der Waals surface area contributed by atoms with E-state index in [0.717, 1.165) is 36.3 Å². The van der Waals surface area contributed by atoms with E-state index in [1.54, 1.807) is 0 Å². The Bertz CT molecular complexity index is 739. The van der Waals surface area contributed by atoms with Crippen LogP contribution < -0.4 is 15.5 Å². The maximum absolute atomic E-state index is 12.3. The molecule has 0 fully saturated rings. The van der Waals surface area contributed by atoms with Gasteiger partial charge in [0.25, 0.3) is 5.91 Å². The summed E-state index contributed by atoms with van der Waals surface area (Å²) < 4.78 is 0. The van der Waals surface area contributed by atoms with Gasteiger partial charge in [-0.25, -0.2) is 0 Å². The number of carbonyl (C=O) groups is 2. The number of carbonyl (C=O) groups excluding carboxylic acids is 2. The second kappa shape index (κ2) is 10.4. The van der Waals surface area contributed by atoms with Gasteiger partial charge in [-0.3, -0.25) is 9.59 Å². The Labute approximate surface area is 161 Å². The first-order valence-corrected chi connectivity index (χ1v) is 9.45. The molecule has 0 aromatic heterocycles. The summed E-state index contributed by atoms with van der Waals surface area (Å²) in [7, 11) is 2.07. The van der Waals surface area contributed by atoms with Crippen LogP contribution in [0.3, 0.4) is 0 Å². The van der Waals surface area contributed by atoms with Gasteiger partial charge in [0.15, 0.2) is 0 Å². The van der Waals surface area contributed by atoms with Crippen molar-refractivity contribution < 1.29 is 9.59 Å². The van der Waals surface area contributed by atoms with E-state index in [0.29, 0.717) is 12.1 Å². The highest BCUT2D eigenvalue weighted by molar-refractivity contribution is 5.94. The van der Waals surface area contributed by atoms with E-state index in [4.69, 9.17) is 0 Å². The van der Waals surface area contributed by atoms with E-state index in [1.165, 1.54) is 13.3 Å². The van der Waals surface area contributed by atoms with Crippen molar-refractivity contribution >= 4 is 23.2 Å². The molecule has 0 saturated carbocycles. The Morgan fingerprint density at radius 1 is 1.00 bits per heavy atom. The average Bonchev–Trinajstić information content (AvgIpc) is 2.67. The molecule has 5 nitrogen and oxygen atoms in total. The first kappa shape index (κ1) is 20.5. The van der Waals surface area contributed by atoms with Crippen molar-refractivity contribution in [2.75, 3.05) is 30.4 Å². The fraction of sp³-hybridized carbons (Fsp3) is 0.364. The van der Waals surface area contributed by atoms with Crippen LogP contribution in [0.15, 0.2) is 48.5 Å². The summed E-state index contributed by atoms with van der Waals surface area (Å²) in [6.45, 7) is 5.25. The summed E-state index contributed by atoms with van der Waals surface area (Å²) >= 11 is 0. The van der Waals surface area contributed by atoms with Crippen molar-refractivity contribution in [2.45, 2.75) is 33.1 Å². The molecular formula is C22H29N3O2. The molecular weight excluding hydrogens is 338 g/mol. The number of hydrogen-bond acceptors (Lipinski definition) is 3. The maximum atomic E-state index is 12.3. The van der Waals surface area contributed by atoms with Crippen LogP contribution in [-0.4, -0.2) is 32.0 Å². The predicted octanol–water partition coefficient (Wildman–Crippen LogP) is 3.85. The van der Waals surface area contributed by atoms with Crippen LogP contribution in [0, 0.1) is 0 Å². The van der Waals surface area contributed by atoms with Crippen molar-refractivity contribution in [1.29, 1.82) is 0 Å². The second-order valence-electron chi connectivity index (χ2n) is 6.71. The molecule has 0 aliphatic heterocycles. The van der Waals surface area contributed by atoms with Gasteiger partial charge in [0, 0.05) is 44.0 Å². The standard InChI is InChI=1S/C22H29N3O2/c1-4-5-16-25(3)21-12-8-19(9-13-21)22(27)23-15-14-18-6-10-20(11-7-18)24-17(2)26/h6-13H,4-5,14-16H2,1-3H3,(H,23,27)(H,24,26). The molecule has 0 unspecified atom stereocenters. The molecule has 0 aliphatic carbocycles. The molecule has 0 spiro atoms. The quantitative estimate of drug-likeness (QED) is 0.708. The fourth-order valence-corrected chi connectivity index (χ4v) is 2.77. The van der Waals surface area contributed by atoms with Gasteiger partial charge in [-0.2, -0.15) is 0 Å². The van der Waals surface area contributed by atoms with Crippen LogP contribution in [0.25, 0.3) is 0 Å². The van der Waals surface area contributed by atoms with Gasteiger partial charge in [-0.15, -0.1) is 0 Å². The van der Waals surface area contributed by atoms with Crippen LogP contribution in [-0.2, 0) is 11.2 Å². The average molecular weight is 367 g/mol. The number of benzene rings is 2. The van der Waals surface area contributed by atoms with Gasteiger partial charge in [-0.1, -0.05) is 25.5 Å². The van der Waals surface area contributed by atoms with E-state index in [1.807, 2.05) is 48.5 Å². The highest BCUT2D eigenvalue weighted by atomic mass is 16.2. The molecule has 0 bridgehead atoms. The summed E-state index contributed by atoms with van der Waals surface area (Å²) in [4.78, 5) is 25.5. The largest absolute Gasteiger partial charge is 0.375 e. The van der Waals surface area contributed by atoms with E-state index >= 15 is 0 Å². The lowest BCUT2D eigenvalue weighted by molar-refractivity contribution is -0.114. The molecule has 5 heteroatoms. The second-order valence-corrected chi connectivity index (χ2v) is 6.71. The minimum absolute atomic E-state index is 0.0624. The molecule has 0 heterocycles. The predicted molar refractivity (Wildman–Crippen MR) is 111 cm³/mol. The van der Waals surface area contributed by atoms with Crippen LogP contribution in [0.4, 0.5) is 11.4 Å². The van der Waals surface area contributed by atoms with Crippen LogP contribution in [0.1, 0.15) is 42.6 Å². The minimum atomic E-state index is -0.0856. The van der Waals surface area contributed by atoms with Crippen LogP contribution >= 0.6 is 0 Å². The Balaban J connectivity index is 1.80. The lowest BCUT2D eigenvalue weighted by Gasteiger charge is -2.19. The van der Waals surface area contributed by atoms with Crippen molar-refractivity contribution in [2.24, 2.45) is 0 Å². The van der Waals surface area contributed by atoms with Gasteiger partial charge in [0.2, 0.25) is 5.91 Å². The lowest BCUT2D eigenvalue weighted by Crippen LogP contribution is -2.25. The van der Waals surface area contributed by atoms with Gasteiger partial charge in [-0.05, 0) is 54.8 Å². The number of hydrogen-bond donors (Lipinski definition) is 2. The van der Waals surface area contributed by atoms with E-state index < -0.39 is 0 Å². The lowest BCUT2D eigenvalue weighted by atomic mass is 10.1. The summed E-state index contributed by atoms with van der Waals surface area (Å²) in [5.41, 5.74) is 3.68. The maximum Gasteiger partial charge on any atom is 0.251 e. The zero-order valence-corrected chi connectivity index (χ0v) is 16.4. The van der Waals surface area contributed by atoms with Crippen molar-refractivity contribution in [3.05, 3.63) is 59.7 Å². The zero-order chi connectivity index (χ0) is 19.6. The topological polar surface area (TPSA) is 61.4 Å². The van der Waals surface area contributed by atoms with E-state index in [2.05, 4.69) is 29.5 Å². The Morgan fingerprint density at radius 2 is 1.67 bits per heavy atom. The third-order valence-electron chi connectivity index (χ3n) is 4.39. The number of anilines is 2. The summed E-state index contributed by atoms with van der Waals surface area (Å²) in [5, 5.41) is 5.69. The monoisotopic (exact) mass is 367 g/mol. The number of rotatable bonds is 9. The molecule has 2 aromatic rings. The molecule has 144 valence electrons. The molecule has 27 heavy (non-hydrogen) atoms. The smallest absolute Gasteiger partial charge is 0.251 e. The van der Waals surface area contributed by atoms with Crippen LogP contribution in [0.2, 0.25) is 0 Å². The van der Waals surface area contributed by atoms with Gasteiger partial charge >= 0.3 is 0 Å². The first-order valence-electron chi connectivity index (χ1n) is 9.45. The molecule has 0 aliphatic rings. The summed E-state index contributed by atoms with van der Waals surface area (Å²) in [6.07, 6.45) is 3.06. The normalized spacial score (nSPS) is 10.3. The molecule has 2 aromatic carbocycles. The number of nitrogens with one attached hydrogen (secondary N) is 2. The fourth-order valence-electron chi connectivity index (χ4n) is 2.77. The SMILES string of the molecule is CCCCN(C)c1ccc(C(=O)NCCc2ccc(NC(C)=O)cc2)cc1. The molecule has 2 amide bonds. The Kier molecular flexibility index (Phi) is 7.86. The van der Waals surface area contributed by atoms with Crippen molar-refractivity contribution in [3.63, 3.8) is 0 Å². The zero-order valence-electron chi connectivity index (χ0n) is 16.4. The van der Waals surface area contributed by atoms with E-state index in [9.17, 15) is 9.59 Å². The van der Waals surface area contributed by atoms with Crippen LogP contribution in [0.5, 0.6) is 0 Å². The molecule has 0 saturated heterocycles. The third-order valence-corrected chi connectivity index (χ3v) is 4.39. The van der Waals surface area contributed by atoms with Gasteiger partial charge < -0.3 is 15.5 Å². The summed E-state index contributed by atoms with van der Waals surface area (Å²) in [5.74, 6) is -0.148. The molecule has 0 atom stereocenters. The first-order chi connectivity index (χ1) is 13.0.